The standard InChI is InChI=1S/C20H30N4O4/c25-19(8-11-21-17-6-2-3-7-18(17)24(26)27)22-16-20(9-4-1-5-10-20)23-12-14-28-15-13-23/h2-3,6-7,21H,1,4-5,8-16H2,(H,22,25). The minimum Gasteiger partial charge on any atom is -0.379 e. The van der Waals surface area contributed by atoms with E-state index in [4.69, 9.17) is 4.74 Å². The van der Waals surface area contributed by atoms with Gasteiger partial charge >= 0.3 is 0 Å². The van der Waals surface area contributed by atoms with E-state index in [1.165, 1.54) is 25.3 Å². The smallest absolute Gasteiger partial charge is 0.292 e. The minimum atomic E-state index is -0.419. The van der Waals surface area contributed by atoms with Gasteiger partial charge in [-0.25, -0.2) is 0 Å². The van der Waals surface area contributed by atoms with Crippen molar-refractivity contribution >= 4 is 17.3 Å². The van der Waals surface area contributed by atoms with E-state index in [9.17, 15) is 14.9 Å². The van der Waals surface area contributed by atoms with Gasteiger partial charge in [0.15, 0.2) is 0 Å². The molecule has 2 N–H and O–H groups in total. The Morgan fingerprint density at radius 2 is 1.89 bits per heavy atom. The topological polar surface area (TPSA) is 96.7 Å². The maximum atomic E-state index is 12.4. The van der Waals surface area contributed by atoms with Crippen molar-refractivity contribution in [3.8, 4) is 0 Å². The Labute approximate surface area is 165 Å². The predicted molar refractivity (Wildman–Crippen MR) is 107 cm³/mol. The number of ether oxygens (including phenoxy) is 1. The van der Waals surface area contributed by atoms with Crippen LogP contribution in [0.1, 0.15) is 38.5 Å². The third kappa shape index (κ3) is 5.20. The van der Waals surface area contributed by atoms with Crippen LogP contribution in [0.3, 0.4) is 0 Å². The van der Waals surface area contributed by atoms with Gasteiger partial charge in [-0.15, -0.1) is 0 Å². The number of benzene rings is 1. The monoisotopic (exact) mass is 390 g/mol. The Kier molecular flexibility index (Phi) is 7.22. The Hall–Kier alpha value is -2.19. The molecule has 1 heterocycles. The second kappa shape index (κ2) is 9.84. The molecule has 0 unspecified atom stereocenters. The van der Waals surface area contributed by atoms with Crippen LogP contribution in [0, 0.1) is 10.1 Å². The molecule has 1 aliphatic heterocycles. The van der Waals surface area contributed by atoms with Crippen LogP contribution in [0.15, 0.2) is 24.3 Å². The molecule has 1 amide bonds. The maximum absolute atomic E-state index is 12.4. The van der Waals surface area contributed by atoms with E-state index in [-0.39, 0.29) is 23.6 Å². The van der Waals surface area contributed by atoms with E-state index >= 15 is 0 Å². The molecule has 0 bridgehead atoms. The number of morpholine rings is 1. The van der Waals surface area contributed by atoms with Crippen molar-refractivity contribution in [1.29, 1.82) is 0 Å². The lowest BCUT2D eigenvalue weighted by molar-refractivity contribution is -0.384. The second-order valence-corrected chi connectivity index (χ2v) is 7.61. The van der Waals surface area contributed by atoms with Crippen molar-refractivity contribution in [2.24, 2.45) is 0 Å². The predicted octanol–water partition coefficient (Wildman–Crippen LogP) is 2.55. The summed E-state index contributed by atoms with van der Waals surface area (Å²) in [5, 5.41) is 17.2. The zero-order valence-corrected chi connectivity index (χ0v) is 16.3. The van der Waals surface area contributed by atoms with E-state index in [1.807, 2.05) is 0 Å². The second-order valence-electron chi connectivity index (χ2n) is 7.61. The highest BCUT2D eigenvalue weighted by molar-refractivity contribution is 5.76. The Morgan fingerprint density at radius 1 is 1.18 bits per heavy atom. The van der Waals surface area contributed by atoms with Crippen LogP contribution < -0.4 is 10.6 Å². The molecular weight excluding hydrogens is 360 g/mol. The molecule has 1 saturated heterocycles. The third-order valence-corrected chi connectivity index (χ3v) is 5.85. The Morgan fingerprint density at radius 3 is 2.61 bits per heavy atom. The molecule has 0 radical (unpaired) electrons. The molecule has 3 rings (SSSR count). The number of nitro groups is 1. The molecular formula is C20H30N4O4. The van der Waals surface area contributed by atoms with Gasteiger partial charge < -0.3 is 15.4 Å². The molecule has 0 atom stereocenters. The van der Waals surface area contributed by atoms with Crippen LogP contribution in [0.4, 0.5) is 11.4 Å². The normalized spacial score (nSPS) is 19.7. The van der Waals surface area contributed by atoms with E-state index in [0.717, 1.165) is 39.1 Å². The van der Waals surface area contributed by atoms with Crippen molar-refractivity contribution in [3.63, 3.8) is 0 Å². The minimum absolute atomic E-state index is 0.0238. The Balaban J connectivity index is 1.49. The molecule has 1 aromatic rings. The molecule has 28 heavy (non-hydrogen) atoms. The fourth-order valence-corrected chi connectivity index (χ4v) is 4.30. The van der Waals surface area contributed by atoms with Crippen LogP contribution >= 0.6 is 0 Å². The third-order valence-electron chi connectivity index (χ3n) is 5.85. The number of carbonyl (C=O) groups is 1. The molecule has 1 aliphatic carbocycles. The fraction of sp³-hybridized carbons (Fsp3) is 0.650. The number of hydrogen-bond donors (Lipinski definition) is 2. The number of carbonyl (C=O) groups excluding carboxylic acids is 1. The summed E-state index contributed by atoms with van der Waals surface area (Å²) in [5.74, 6) is -0.0238. The lowest BCUT2D eigenvalue weighted by Gasteiger charge is -2.48. The van der Waals surface area contributed by atoms with E-state index in [1.54, 1.807) is 18.2 Å². The highest BCUT2D eigenvalue weighted by Gasteiger charge is 2.38. The van der Waals surface area contributed by atoms with Gasteiger partial charge in [0.25, 0.3) is 5.69 Å². The number of rotatable bonds is 8. The van der Waals surface area contributed by atoms with E-state index in [0.29, 0.717) is 18.8 Å². The lowest BCUT2D eigenvalue weighted by atomic mass is 9.79. The SMILES string of the molecule is O=C(CCNc1ccccc1[N+](=O)[O-])NCC1(N2CCOCC2)CCCCC1. The molecule has 2 fully saturated rings. The number of amides is 1. The van der Waals surface area contributed by atoms with Crippen LogP contribution in [0.25, 0.3) is 0 Å². The first-order valence-electron chi connectivity index (χ1n) is 10.2. The summed E-state index contributed by atoms with van der Waals surface area (Å²) < 4.78 is 5.50. The molecule has 8 heteroatoms. The van der Waals surface area contributed by atoms with Gasteiger partial charge in [0.1, 0.15) is 5.69 Å². The molecule has 8 nitrogen and oxygen atoms in total. The Bertz CT molecular complexity index is 670. The van der Waals surface area contributed by atoms with Crippen molar-refractivity contribution in [2.45, 2.75) is 44.1 Å². The molecule has 0 aromatic heterocycles. The summed E-state index contributed by atoms with van der Waals surface area (Å²) in [6, 6.07) is 6.49. The molecule has 1 saturated carbocycles. The highest BCUT2D eigenvalue weighted by Crippen LogP contribution is 2.33. The average Bonchev–Trinajstić information content (AvgIpc) is 2.74. The van der Waals surface area contributed by atoms with E-state index in [2.05, 4.69) is 15.5 Å². The van der Waals surface area contributed by atoms with Gasteiger partial charge in [0.2, 0.25) is 5.91 Å². The number of anilines is 1. The lowest BCUT2D eigenvalue weighted by Crippen LogP contribution is -2.59. The maximum Gasteiger partial charge on any atom is 0.292 e. The molecule has 2 aliphatic rings. The average molecular weight is 390 g/mol. The van der Waals surface area contributed by atoms with Crippen LogP contribution in [0.5, 0.6) is 0 Å². The van der Waals surface area contributed by atoms with Crippen molar-refractivity contribution in [3.05, 3.63) is 34.4 Å². The zero-order valence-electron chi connectivity index (χ0n) is 16.3. The summed E-state index contributed by atoms with van der Waals surface area (Å²) in [5.41, 5.74) is 0.511. The van der Waals surface area contributed by atoms with Crippen LogP contribution in [0.2, 0.25) is 0 Å². The number of para-hydroxylation sites is 2. The molecule has 154 valence electrons. The van der Waals surface area contributed by atoms with Crippen LogP contribution in [-0.2, 0) is 9.53 Å². The van der Waals surface area contributed by atoms with Crippen molar-refractivity contribution in [1.82, 2.24) is 10.2 Å². The first-order valence-corrected chi connectivity index (χ1v) is 10.2. The fourth-order valence-electron chi connectivity index (χ4n) is 4.30. The van der Waals surface area contributed by atoms with Gasteiger partial charge in [0, 0.05) is 44.2 Å². The number of nitrogens with one attached hydrogen (secondary N) is 2. The van der Waals surface area contributed by atoms with Crippen molar-refractivity contribution in [2.75, 3.05) is 44.7 Å². The van der Waals surface area contributed by atoms with Crippen LogP contribution in [-0.4, -0.2) is 60.7 Å². The van der Waals surface area contributed by atoms with E-state index < -0.39 is 4.92 Å². The summed E-state index contributed by atoms with van der Waals surface area (Å²) in [6.07, 6.45) is 6.17. The van der Waals surface area contributed by atoms with Crippen molar-refractivity contribution < 1.29 is 14.5 Å². The van der Waals surface area contributed by atoms with Gasteiger partial charge in [-0.05, 0) is 18.9 Å². The largest absolute Gasteiger partial charge is 0.379 e. The number of hydrogen-bond acceptors (Lipinski definition) is 6. The first-order chi connectivity index (χ1) is 13.6. The first kappa shape index (κ1) is 20.5. The molecule has 0 spiro atoms. The number of nitro benzene ring substituents is 1. The summed E-state index contributed by atoms with van der Waals surface area (Å²) in [4.78, 5) is 25.5. The zero-order chi connectivity index (χ0) is 19.8. The number of nitrogens with zero attached hydrogens (tertiary/aromatic N) is 2. The summed E-state index contributed by atoms with van der Waals surface area (Å²) in [6.45, 7) is 4.40. The highest BCUT2D eigenvalue weighted by atomic mass is 16.6. The van der Waals surface area contributed by atoms with Gasteiger partial charge in [0.05, 0.1) is 18.1 Å². The van der Waals surface area contributed by atoms with Gasteiger partial charge in [-0.2, -0.15) is 0 Å². The summed E-state index contributed by atoms with van der Waals surface area (Å²) in [7, 11) is 0. The summed E-state index contributed by atoms with van der Waals surface area (Å²) >= 11 is 0. The van der Waals surface area contributed by atoms with Gasteiger partial charge in [-0.1, -0.05) is 31.4 Å². The quantitative estimate of drug-likeness (QED) is 0.523. The van der Waals surface area contributed by atoms with Gasteiger partial charge in [-0.3, -0.25) is 19.8 Å². The molecule has 1 aromatic carbocycles.